The van der Waals surface area contributed by atoms with Crippen molar-refractivity contribution in [3.8, 4) is 22.7 Å². The summed E-state index contributed by atoms with van der Waals surface area (Å²) in [4.78, 5) is 4.63. The van der Waals surface area contributed by atoms with E-state index >= 15 is 0 Å². The summed E-state index contributed by atoms with van der Waals surface area (Å²) in [5, 5.41) is 22.2. The van der Waals surface area contributed by atoms with Gasteiger partial charge in [-0.05, 0) is 30.7 Å². The number of aromatic nitrogens is 1. The van der Waals surface area contributed by atoms with Gasteiger partial charge in [0.25, 0.3) is 0 Å². The van der Waals surface area contributed by atoms with Gasteiger partial charge in [0.15, 0.2) is 0 Å². The van der Waals surface area contributed by atoms with E-state index < -0.39 is 0 Å². The fraction of sp³-hybridized carbons (Fsp3) is 0.0588. The van der Waals surface area contributed by atoms with Crippen LogP contribution in [0.25, 0.3) is 20.8 Å². The highest BCUT2D eigenvalue weighted by Crippen LogP contribution is 2.32. The van der Waals surface area contributed by atoms with E-state index in [2.05, 4.69) is 15.5 Å². The molecule has 3 aromatic rings. The van der Waals surface area contributed by atoms with Crippen LogP contribution in [0.3, 0.4) is 0 Å². The molecule has 0 radical (unpaired) electrons. The maximum Gasteiger partial charge on any atom is 0.237 e. The molecule has 6 heteroatoms. The zero-order valence-corrected chi connectivity index (χ0v) is 13.1. The van der Waals surface area contributed by atoms with Gasteiger partial charge in [0.1, 0.15) is 17.1 Å². The summed E-state index contributed by atoms with van der Waals surface area (Å²) >= 11 is 1.62. The average molecular weight is 317 g/mol. The molecule has 0 atom stereocenters. The Morgan fingerprint density at radius 3 is 2.70 bits per heavy atom. The second kappa shape index (κ2) is 6.27. The van der Waals surface area contributed by atoms with Crippen LogP contribution in [0, 0.1) is 29.6 Å². The van der Waals surface area contributed by atoms with Crippen LogP contribution < -0.4 is 5.43 Å². The van der Waals surface area contributed by atoms with Gasteiger partial charge < -0.3 is 0 Å². The van der Waals surface area contributed by atoms with Gasteiger partial charge in [-0.15, -0.1) is 11.3 Å². The van der Waals surface area contributed by atoms with Crippen LogP contribution in [0.4, 0.5) is 5.69 Å². The van der Waals surface area contributed by atoms with Crippen LogP contribution in [0.2, 0.25) is 0 Å². The largest absolute Gasteiger partial charge is 0.276 e. The molecule has 1 N–H and O–H groups in total. The van der Waals surface area contributed by atoms with E-state index in [9.17, 15) is 0 Å². The number of rotatable bonds is 3. The zero-order chi connectivity index (χ0) is 16.2. The third kappa shape index (κ3) is 3.03. The van der Waals surface area contributed by atoms with Crippen molar-refractivity contribution in [2.75, 3.05) is 5.43 Å². The lowest BCUT2D eigenvalue weighted by Crippen LogP contribution is -1.98. The summed E-state index contributed by atoms with van der Waals surface area (Å²) < 4.78 is 1.13. The van der Waals surface area contributed by atoms with Crippen LogP contribution in [0.5, 0.6) is 0 Å². The Morgan fingerprint density at radius 2 is 1.96 bits per heavy atom. The van der Waals surface area contributed by atoms with Crippen LogP contribution in [0.1, 0.15) is 5.56 Å². The normalized spacial score (nSPS) is 9.87. The van der Waals surface area contributed by atoms with E-state index in [1.54, 1.807) is 23.5 Å². The third-order valence-corrected chi connectivity index (χ3v) is 4.36. The van der Waals surface area contributed by atoms with E-state index in [0.29, 0.717) is 0 Å². The number of nitrogens with zero attached hydrogens (tertiary/aromatic N) is 4. The molecule has 0 aliphatic carbocycles. The van der Waals surface area contributed by atoms with E-state index in [4.69, 9.17) is 10.5 Å². The van der Waals surface area contributed by atoms with Crippen LogP contribution in [0.15, 0.2) is 47.6 Å². The average Bonchev–Trinajstić information content (AvgIpc) is 3.01. The van der Waals surface area contributed by atoms with Gasteiger partial charge >= 0.3 is 0 Å². The second-order valence-corrected chi connectivity index (χ2v) is 5.84. The molecule has 110 valence electrons. The van der Waals surface area contributed by atoms with Crippen LogP contribution in [-0.2, 0) is 0 Å². The Bertz CT molecular complexity index is 939. The van der Waals surface area contributed by atoms with Crippen molar-refractivity contribution < 1.29 is 0 Å². The van der Waals surface area contributed by atoms with E-state index in [-0.39, 0.29) is 5.71 Å². The molecule has 0 spiro atoms. The van der Waals surface area contributed by atoms with Gasteiger partial charge in [0.2, 0.25) is 5.71 Å². The molecule has 0 saturated heterocycles. The maximum atomic E-state index is 8.73. The lowest BCUT2D eigenvalue weighted by atomic mass is 10.1. The molecule has 5 nitrogen and oxygen atoms in total. The van der Waals surface area contributed by atoms with Gasteiger partial charge in [-0.2, -0.15) is 15.6 Å². The minimum Gasteiger partial charge on any atom is -0.276 e. The predicted molar refractivity (Wildman–Crippen MR) is 92.1 cm³/mol. The van der Waals surface area contributed by atoms with Gasteiger partial charge in [0.05, 0.1) is 15.9 Å². The van der Waals surface area contributed by atoms with Gasteiger partial charge in [-0.3, -0.25) is 5.43 Å². The number of nitriles is 2. The molecular formula is C17H11N5S. The fourth-order valence-corrected chi connectivity index (χ4v) is 3.02. The molecule has 23 heavy (non-hydrogen) atoms. The molecule has 0 saturated carbocycles. The highest BCUT2D eigenvalue weighted by molar-refractivity contribution is 7.21. The minimum absolute atomic E-state index is 0.213. The van der Waals surface area contributed by atoms with Gasteiger partial charge in [-0.1, -0.05) is 24.3 Å². The number of para-hydroxylation sites is 1. The summed E-state index contributed by atoms with van der Waals surface area (Å²) in [5.74, 6) is 0. The van der Waals surface area contributed by atoms with Crippen molar-refractivity contribution in [1.82, 2.24) is 4.98 Å². The molecule has 0 aliphatic heterocycles. The highest BCUT2D eigenvalue weighted by Gasteiger charge is 2.08. The molecule has 0 bridgehead atoms. The van der Waals surface area contributed by atoms with Crippen molar-refractivity contribution in [2.24, 2.45) is 5.10 Å². The van der Waals surface area contributed by atoms with Crippen LogP contribution in [-0.4, -0.2) is 10.7 Å². The second-order valence-electron chi connectivity index (χ2n) is 4.81. The number of aryl methyl sites for hydroxylation is 1. The first-order chi connectivity index (χ1) is 11.2. The standard InChI is InChI=1S/C17H11N5S/c1-11-6-7-12(8-15(11)22-21-13(9-18)10-19)17-20-14-4-2-3-5-16(14)23-17/h2-8,22H,1H3. The molecule has 2 aromatic carbocycles. The molecular weight excluding hydrogens is 306 g/mol. The first-order valence-electron chi connectivity index (χ1n) is 6.82. The molecule has 1 heterocycles. The van der Waals surface area contributed by atoms with Crippen molar-refractivity contribution >= 4 is 33.0 Å². The van der Waals surface area contributed by atoms with Crippen molar-refractivity contribution in [2.45, 2.75) is 6.92 Å². The smallest absolute Gasteiger partial charge is 0.237 e. The Hall–Kier alpha value is -3.22. The Morgan fingerprint density at radius 1 is 1.17 bits per heavy atom. The summed E-state index contributed by atoms with van der Waals surface area (Å²) in [5.41, 5.74) is 6.20. The summed E-state index contributed by atoms with van der Waals surface area (Å²) in [6.07, 6.45) is 0. The van der Waals surface area contributed by atoms with E-state index in [1.165, 1.54) is 0 Å². The molecule has 0 unspecified atom stereocenters. The van der Waals surface area contributed by atoms with Gasteiger partial charge in [0, 0.05) is 5.56 Å². The summed E-state index contributed by atoms with van der Waals surface area (Å²) in [6.45, 7) is 1.93. The SMILES string of the molecule is Cc1ccc(-c2nc3ccccc3s2)cc1NN=C(C#N)C#N. The molecule has 0 fully saturated rings. The number of hydrazone groups is 1. The minimum atomic E-state index is -0.213. The number of hydrogen-bond donors (Lipinski definition) is 1. The summed E-state index contributed by atoms with van der Waals surface area (Å²) in [7, 11) is 0. The predicted octanol–water partition coefficient (Wildman–Crippen LogP) is 4.09. The van der Waals surface area contributed by atoms with Gasteiger partial charge in [-0.25, -0.2) is 4.98 Å². The molecule has 0 amide bonds. The lowest BCUT2D eigenvalue weighted by molar-refractivity contribution is 1.30. The summed E-state index contributed by atoms with van der Waals surface area (Å²) in [6, 6.07) is 17.3. The van der Waals surface area contributed by atoms with E-state index in [0.717, 1.165) is 32.0 Å². The first kappa shape index (κ1) is 14.7. The number of hydrogen-bond acceptors (Lipinski definition) is 6. The number of benzene rings is 2. The van der Waals surface area contributed by atoms with Crippen molar-refractivity contribution in [3.63, 3.8) is 0 Å². The van der Waals surface area contributed by atoms with Crippen molar-refractivity contribution in [1.29, 1.82) is 10.5 Å². The Kier molecular flexibility index (Phi) is 4.01. The maximum absolute atomic E-state index is 8.73. The fourth-order valence-electron chi connectivity index (χ4n) is 2.06. The number of thiazole rings is 1. The monoisotopic (exact) mass is 317 g/mol. The van der Waals surface area contributed by atoms with Crippen LogP contribution >= 0.6 is 11.3 Å². The zero-order valence-electron chi connectivity index (χ0n) is 12.2. The van der Waals surface area contributed by atoms with Crippen molar-refractivity contribution in [3.05, 3.63) is 48.0 Å². The number of anilines is 1. The Labute approximate surface area is 137 Å². The Balaban J connectivity index is 1.98. The topological polar surface area (TPSA) is 84.9 Å². The highest BCUT2D eigenvalue weighted by atomic mass is 32.1. The molecule has 3 rings (SSSR count). The van der Waals surface area contributed by atoms with E-state index in [1.807, 2.05) is 49.4 Å². The third-order valence-electron chi connectivity index (χ3n) is 3.28. The quantitative estimate of drug-likeness (QED) is 0.582. The molecule has 1 aromatic heterocycles. The lowest BCUT2D eigenvalue weighted by Gasteiger charge is -2.06. The number of fused-ring (bicyclic) bond motifs is 1. The molecule has 0 aliphatic rings. The first-order valence-corrected chi connectivity index (χ1v) is 7.63. The number of nitrogens with one attached hydrogen (secondary N) is 1.